The van der Waals surface area contributed by atoms with Crippen LogP contribution < -0.4 is 5.73 Å². The number of nitrogens with two attached hydrogens (primary N) is 1. The van der Waals surface area contributed by atoms with Crippen LogP contribution in [0.5, 0.6) is 0 Å². The smallest absolute Gasteiger partial charge is 0.238 e. The first-order chi connectivity index (χ1) is 9.49. The summed E-state index contributed by atoms with van der Waals surface area (Å²) in [4.78, 5) is 14.1. The minimum atomic E-state index is -1.63. The first kappa shape index (κ1) is 14.9. The van der Waals surface area contributed by atoms with E-state index in [2.05, 4.69) is 0 Å². The van der Waals surface area contributed by atoms with Gasteiger partial charge in [0, 0.05) is 23.7 Å². The number of halogens is 1. The van der Waals surface area contributed by atoms with Gasteiger partial charge in [-0.3, -0.25) is 9.00 Å². The zero-order chi connectivity index (χ0) is 14.7. The first-order valence-corrected chi connectivity index (χ1v) is 7.53. The van der Waals surface area contributed by atoms with Crippen LogP contribution >= 0.6 is 0 Å². The average Bonchev–Trinajstić information content (AvgIpc) is 2.45. The maximum atomic E-state index is 13.3. The summed E-state index contributed by atoms with van der Waals surface area (Å²) in [7, 11) is -1.63. The Hall–Kier alpha value is -1.47. The molecule has 110 valence electrons. The molecule has 0 aliphatic carbocycles. The van der Waals surface area contributed by atoms with Gasteiger partial charge in [-0.1, -0.05) is 0 Å². The molecule has 20 heavy (non-hydrogen) atoms. The van der Waals surface area contributed by atoms with E-state index in [0.717, 1.165) is 12.1 Å². The molecule has 2 rings (SSSR count). The van der Waals surface area contributed by atoms with E-state index in [0.29, 0.717) is 26.3 Å². The number of morpholine rings is 1. The van der Waals surface area contributed by atoms with Gasteiger partial charge in [0.05, 0.1) is 24.0 Å². The summed E-state index contributed by atoms with van der Waals surface area (Å²) >= 11 is 0. The van der Waals surface area contributed by atoms with Gasteiger partial charge in [-0.25, -0.2) is 4.39 Å². The lowest BCUT2D eigenvalue weighted by atomic mass is 10.3. The molecule has 2 atom stereocenters. The van der Waals surface area contributed by atoms with Crippen LogP contribution in [0.15, 0.2) is 23.1 Å². The lowest BCUT2D eigenvalue weighted by Gasteiger charge is -2.29. The molecule has 1 aliphatic rings. The SMILES string of the molecule is CC(C(=O)N1CCOCC1)S(=O)c1cc(N)cc(F)c1. The van der Waals surface area contributed by atoms with Gasteiger partial charge in [0.1, 0.15) is 11.1 Å². The highest BCUT2D eigenvalue weighted by atomic mass is 32.2. The number of rotatable bonds is 3. The van der Waals surface area contributed by atoms with Crippen LogP contribution in [-0.4, -0.2) is 46.6 Å². The molecule has 1 aromatic carbocycles. The number of hydrogen-bond donors (Lipinski definition) is 1. The van der Waals surface area contributed by atoms with Crippen molar-refractivity contribution in [1.29, 1.82) is 0 Å². The number of benzene rings is 1. The van der Waals surface area contributed by atoms with Crippen molar-refractivity contribution < 1.29 is 18.1 Å². The first-order valence-electron chi connectivity index (χ1n) is 6.32. The van der Waals surface area contributed by atoms with Crippen molar-refractivity contribution in [3.63, 3.8) is 0 Å². The molecule has 1 saturated heterocycles. The monoisotopic (exact) mass is 300 g/mol. The molecule has 5 nitrogen and oxygen atoms in total. The summed E-state index contributed by atoms with van der Waals surface area (Å²) in [6, 6.07) is 3.73. The van der Waals surface area contributed by atoms with Crippen molar-refractivity contribution >= 4 is 22.4 Å². The lowest BCUT2D eigenvalue weighted by Crippen LogP contribution is -2.46. The number of nitrogens with zero attached hydrogens (tertiary/aromatic N) is 1. The average molecular weight is 300 g/mol. The molecule has 2 unspecified atom stereocenters. The molecule has 7 heteroatoms. The van der Waals surface area contributed by atoms with E-state index < -0.39 is 21.9 Å². The molecule has 2 N–H and O–H groups in total. The molecular weight excluding hydrogens is 283 g/mol. The van der Waals surface area contributed by atoms with Gasteiger partial charge in [0.15, 0.2) is 0 Å². The molecule has 1 aliphatic heterocycles. The van der Waals surface area contributed by atoms with Crippen LogP contribution in [0.4, 0.5) is 10.1 Å². The number of hydrogen-bond acceptors (Lipinski definition) is 4. The Morgan fingerprint density at radius 1 is 1.40 bits per heavy atom. The van der Waals surface area contributed by atoms with Crippen molar-refractivity contribution in [2.75, 3.05) is 32.0 Å². The molecule has 0 aromatic heterocycles. The van der Waals surface area contributed by atoms with E-state index in [4.69, 9.17) is 10.5 Å². The lowest BCUT2D eigenvalue weighted by molar-refractivity contribution is -0.134. The van der Waals surface area contributed by atoms with Crippen LogP contribution in [0.1, 0.15) is 6.92 Å². The third-order valence-electron chi connectivity index (χ3n) is 3.12. The van der Waals surface area contributed by atoms with E-state index in [1.165, 1.54) is 6.07 Å². The maximum absolute atomic E-state index is 13.3. The van der Waals surface area contributed by atoms with Crippen LogP contribution in [0.25, 0.3) is 0 Å². The number of carbonyl (C=O) groups is 1. The molecule has 1 fully saturated rings. The van der Waals surface area contributed by atoms with Gasteiger partial charge < -0.3 is 15.4 Å². The standard InChI is InChI=1S/C13H17FN2O3S/c1-9(13(17)16-2-4-19-5-3-16)20(18)12-7-10(14)6-11(15)8-12/h6-9H,2-5,15H2,1H3. The Balaban J connectivity index is 2.12. The molecule has 1 amide bonds. The Kier molecular flexibility index (Phi) is 4.72. The largest absolute Gasteiger partial charge is 0.399 e. The Morgan fingerprint density at radius 3 is 2.65 bits per heavy atom. The molecule has 0 bridgehead atoms. The highest BCUT2D eigenvalue weighted by Crippen LogP contribution is 2.18. The third kappa shape index (κ3) is 3.34. The van der Waals surface area contributed by atoms with Crippen molar-refractivity contribution in [3.8, 4) is 0 Å². The van der Waals surface area contributed by atoms with E-state index >= 15 is 0 Å². The summed E-state index contributed by atoms with van der Waals surface area (Å²) in [5, 5.41) is -0.741. The second-order valence-electron chi connectivity index (χ2n) is 4.60. The maximum Gasteiger partial charge on any atom is 0.238 e. The normalized spacial score (nSPS) is 18.6. The quantitative estimate of drug-likeness (QED) is 0.837. The minimum Gasteiger partial charge on any atom is -0.399 e. The van der Waals surface area contributed by atoms with Gasteiger partial charge >= 0.3 is 0 Å². The predicted molar refractivity (Wildman–Crippen MR) is 74.1 cm³/mol. The summed E-state index contributed by atoms with van der Waals surface area (Å²) in [5.74, 6) is -0.770. The summed E-state index contributed by atoms with van der Waals surface area (Å²) in [5.41, 5.74) is 5.72. The van der Waals surface area contributed by atoms with Crippen LogP contribution in [-0.2, 0) is 20.3 Å². The second-order valence-corrected chi connectivity index (χ2v) is 6.37. The molecule has 0 saturated carbocycles. The highest BCUT2D eigenvalue weighted by Gasteiger charge is 2.27. The van der Waals surface area contributed by atoms with Gasteiger partial charge in [0.2, 0.25) is 5.91 Å². The topological polar surface area (TPSA) is 72.6 Å². The third-order valence-corrected chi connectivity index (χ3v) is 4.66. The molecule has 0 radical (unpaired) electrons. The summed E-state index contributed by atoms with van der Waals surface area (Å²) in [6.45, 7) is 3.53. The van der Waals surface area contributed by atoms with Gasteiger partial charge in [0.25, 0.3) is 0 Å². The fourth-order valence-corrected chi connectivity index (χ4v) is 3.26. The Bertz CT molecular complexity index is 512. The highest BCUT2D eigenvalue weighted by molar-refractivity contribution is 7.86. The predicted octanol–water partition coefficient (Wildman–Crippen LogP) is 0.763. The van der Waals surface area contributed by atoms with E-state index in [9.17, 15) is 13.4 Å². The van der Waals surface area contributed by atoms with E-state index in [1.807, 2.05) is 0 Å². The van der Waals surface area contributed by atoms with Crippen molar-refractivity contribution in [2.45, 2.75) is 17.1 Å². The van der Waals surface area contributed by atoms with Gasteiger partial charge in [-0.05, 0) is 25.1 Å². The number of carbonyl (C=O) groups excluding carboxylic acids is 1. The Labute approximate surface area is 119 Å². The van der Waals surface area contributed by atoms with Crippen molar-refractivity contribution in [3.05, 3.63) is 24.0 Å². The zero-order valence-corrected chi connectivity index (χ0v) is 12.0. The van der Waals surface area contributed by atoms with Crippen molar-refractivity contribution in [2.24, 2.45) is 0 Å². The van der Waals surface area contributed by atoms with Crippen molar-refractivity contribution in [1.82, 2.24) is 4.90 Å². The van der Waals surface area contributed by atoms with E-state index in [1.54, 1.807) is 11.8 Å². The number of nitrogen functional groups attached to an aromatic ring is 1. The molecule has 1 heterocycles. The number of anilines is 1. The molecule has 1 aromatic rings. The summed E-state index contributed by atoms with van der Waals surface area (Å²) in [6.07, 6.45) is 0. The summed E-state index contributed by atoms with van der Waals surface area (Å²) < 4.78 is 30.8. The van der Waals surface area contributed by atoms with Gasteiger partial charge in [-0.2, -0.15) is 0 Å². The van der Waals surface area contributed by atoms with Crippen LogP contribution in [0.2, 0.25) is 0 Å². The van der Waals surface area contributed by atoms with Crippen LogP contribution in [0.3, 0.4) is 0 Å². The fraction of sp³-hybridized carbons (Fsp3) is 0.462. The van der Waals surface area contributed by atoms with Gasteiger partial charge in [-0.15, -0.1) is 0 Å². The minimum absolute atomic E-state index is 0.194. The second kappa shape index (κ2) is 6.32. The number of ether oxygens (including phenoxy) is 1. The Morgan fingerprint density at radius 2 is 2.05 bits per heavy atom. The fourth-order valence-electron chi connectivity index (χ4n) is 2.04. The molecular formula is C13H17FN2O3S. The molecule has 0 spiro atoms. The zero-order valence-electron chi connectivity index (χ0n) is 11.2. The van der Waals surface area contributed by atoms with Crippen LogP contribution in [0, 0.1) is 5.82 Å². The van der Waals surface area contributed by atoms with E-state index in [-0.39, 0.29) is 16.5 Å². The number of amides is 1.